The van der Waals surface area contributed by atoms with Crippen LogP contribution in [-0.2, 0) is 20.8 Å². The molecule has 4 aromatic rings. The summed E-state index contributed by atoms with van der Waals surface area (Å²) >= 11 is 0. The highest BCUT2D eigenvalue weighted by molar-refractivity contribution is 5.93. The van der Waals surface area contributed by atoms with Gasteiger partial charge < -0.3 is 15.5 Å². The largest absolute Gasteiger partial charge is 0.349 e. The molecule has 0 bridgehead atoms. The Kier molecular flexibility index (Phi) is 10.5. The molecule has 0 aliphatic carbocycles. The molecule has 234 valence electrons. The van der Waals surface area contributed by atoms with Crippen LogP contribution < -0.4 is 10.6 Å². The predicted octanol–water partition coefficient (Wildman–Crippen LogP) is 6.92. The summed E-state index contributed by atoms with van der Waals surface area (Å²) in [5.41, 5.74) is 2.91. The van der Waals surface area contributed by atoms with Crippen LogP contribution in [0.5, 0.6) is 0 Å². The Morgan fingerprint density at radius 2 is 1.27 bits per heavy atom. The van der Waals surface area contributed by atoms with Crippen LogP contribution in [0, 0.1) is 11.6 Å². The van der Waals surface area contributed by atoms with Gasteiger partial charge in [-0.1, -0.05) is 84.9 Å². The number of nitrogens with zero attached hydrogens (tertiary/aromatic N) is 1. The Bertz CT molecular complexity index is 1600. The van der Waals surface area contributed by atoms with Crippen molar-refractivity contribution >= 4 is 17.7 Å². The number of carbonyl (C=O) groups is 3. The van der Waals surface area contributed by atoms with E-state index in [1.54, 1.807) is 0 Å². The van der Waals surface area contributed by atoms with Gasteiger partial charge in [0.05, 0.1) is 12.5 Å². The molecule has 0 aliphatic rings. The molecule has 2 N–H and O–H groups in total. The number of amides is 3. The Balaban J connectivity index is 1.72. The van der Waals surface area contributed by atoms with Gasteiger partial charge in [-0.25, -0.2) is 8.78 Å². The summed E-state index contributed by atoms with van der Waals surface area (Å²) in [7, 11) is 0. The molecule has 6 nitrogen and oxygen atoms in total. The minimum Gasteiger partial charge on any atom is -0.349 e. The Labute approximate surface area is 263 Å². The quantitative estimate of drug-likeness (QED) is 0.204. The number of benzene rings is 4. The van der Waals surface area contributed by atoms with Crippen molar-refractivity contribution in [2.45, 2.75) is 64.7 Å². The van der Waals surface area contributed by atoms with Gasteiger partial charge in [0.1, 0.15) is 23.7 Å². The number of rotatable bonds is 10. The zero-order valence-electron chi connectivity index (χ0n) is 26.2. The number of hydrogen-bond donors (Lipinski definition) is 2. The van der Waals surface area contributed by atoms with Crippen molar-refractivity contribution in [2.75, 3.05) is 0 Å². The van der Waals surface area contributed by atoms with E-state index in [2.05, 4.69) is 10.6 Å². The summed E-state index contributed by atoms with van der Waals surface area (Å²) in [6.07, 6.45) is -0.324. The van der Waals surface area contributed by atoms with Gasteiger partial charge in [0.15, 0.2) is 0 Å². The molecule has 0 fully saturated rings. The Morgan fingerprint density at radius 1 is 0.733 bits per heavy atom. The van der Waals surface area contributed by atoms with E-state index in [1.807, 2.05) is 113 Å². The first-order chi connectivity index (χ1) is 21.3. The molecule has 0 spiro atoms. The highest BCUT2D eigenvalue weighted by atomic mass is 19.1. The van der Waals surface area contributed by atoms with Crippen molar-refractivity contribution in [1.29, 1.82) is 0 Å². The first-order valence-electron chi connectivity index (χ1n) is 14.9. The summed E-state index contributed by atoms with van der Waals surface area (Å²) in [5, 5.41) is 5.71. The van der Waals surface area contributed by atoms with E-state index in [-0.39, 0.29) is 17.9 Å². The zero-order valence-corrected chi connectivity index (χ0v) is 26.2. The van der Waals surface area contributed by atoms with Crippen LogP contribution in [0.2, 0.25) is 0 Å². The molecule has 0 aromatic heterocycles. The van der Waals surface area contributed by atoms with E-state index < -0.39 is 47.1 Å². The van der Waals surface area contributed by atoms with E-state index in [1.165, 1.54) is 11.8 Å². The van der Waals surface area contributed by atoms with Gasteiger partial charge in [-0.2, -0.15) is 0 Å². The molecule has 3 amide bonds. The number of hydrogen-bond acceptors (Lipinski definition) is 3. The lowest BCUT2D eigenvalue weighted by Crippen LogP contribution is -2.54. The fraction of sp³-hybridized carbons (Fsp3) is 0.270. The van der Waals surface area contributed by atoms with Gasteiger partial charge in [-0.05, 0) is 74.6 Å². The van der Waals surface area contributed by atoms with Crippen LogP contribution in [0.4, 0.5) is 8.78 Å². The average Bonchev–Trinajstić information content (AvgIpc) is 2.98. The molecule has 0 heterocycles. The second-order valence-corrected chi connectivity index (χ2v) is 12.2. The minimum absolute atomic E-state index is 0.139. The third kappa shape index (κ3) is 8.85. The smallest absolute Gasteiger partial charge is 0.247 e. The van der Waals surface area contributed by atoms with Crippen LogP contribution in [-0.4, -0.2) is 34.2 Å². The third-order valence-electron chi connectivity index (χ3n) is 7.35. The fourth-order valence-electron chi connectivity index (χ4n) is 5.27. The van der Waals surface area contributed by atoms with Crippen molar-refractivity contribution in [2.24, 2.45) is 0 Å². The molecule has 4 rings (SSSR count). The minimum atomic E-state index is -1.06. The summed E-state index contributed by atoms with van der Waals surface area (Å²) in [6.45, 7) is 8.98. The molecule has 0 aliphatic heterocycles. The fourth-order valence-corrected chi connectivity index (χ4v) is 5.27. The summed E-state index contributed by atoms with van der Waals surface area (Å²) in [6, 6.07) is 26.9. The molecule has 8 heteroatoms. The SMILES string of the molecule is CC(c1ccccc1)N(C(=O)[C@H](C)NC(=O)Cc1cc(F)cc(F)c1)[C@H](C(=O)NC(C)(C)C)c1ccc(-c2ccccc2)cc1. The number of halogens is 2. The van der Waals surface area contributed by atoms with E-state index in [0.717, 1.165) is 34.9 Å². The topological polar surface area (TPSA) is 78.5 Å². The van der Waals surface area contributed by atoms with Crippen LogP contribution in [0.15, 0.2) is 103 Å². The van der Waals surface area contributed by atoms with E-state index in [4.69, 9.17) is 0 Å². The molecule has 45 heavy (non-hydrogen) atoms. The van der Waals surface area contributed by atoms with E-state index >= 15 is 0 Å². The maximum atomic E-state index is 14.3. The maximum Gasteiger partial charge on any atom is 0.247 e. The van der Waals surface area contributed by atoms with Gasteiger partial charge in [0, 0.05) is 11.6 Å². The normalized spacial score (nSPS) is 13.3. The van der Waals surface area contributed by atoms with Gasteiger partial charge in [0.25, 0.3) is 0 Å². The van der Waals surface area contributed by atoms with Crippen molar-refractivity contribution in [3.8, 4) is 11.1 Å². The van der Waals surface area contributed by atoms with Crippen molar-refractivity contribution in [3.05, 3.63) is 131 Å². The third-order valence-corrected chi connectivity index (χ3v) is 7.35. The first-order valence-corrected chi connectivity index (χ1v) is 14.9. The van der Waals surface area contributed by atoms with E-state index in [0.29, 0.717) is 5.56 Å². The first kappa shape index (κ1) is 33.1. The van der Waals surface area contributed by atoms with Crippen molar-refractivity contribution in [1.82, 2.24) is 15.5 Å². The molecular weight excluding hydrogens is 572 g/mol. The molecule has 0 saturated carbocycles. The average molecular weight is 612 g/mol. The van der Waals surface area contributed by atoms with Crippen LogP contribution in [0.1, 0.15) is 63.4 Å². The Morgan fingerprint density at radius 3 is 1.82 bits per heavy atom. The zero-order chi connectivity index (χ0) is 32.7. The highest BCUT2D eigenvalue weighted by Gasteiger charge is 2.38. The second kappa shape index (κ2) is 14.3. The number of nitrogens with one attached hydrogen (secondary N) is 2. The van der Waals surface area contributed by atoms with Gasteiger partial charge >= 0.3 is 0 Å². The second-order valence-electron chi connectivity index (χ2n) is 12.2. The lowest BCUT2D eigenvalue weighted by atomic mass is 9.95. The summed E-state index contributed by atoms with van der Waals surface area (Å²) < 4.78 is 27.4. The van der Waals surface area contributed by atoms with Crippen LogP contribution >= 0.6 is 0 Å². The number of carbonyl (C=O) groups excluding carboxylic acids is 3. The molecule has 4 aromatic carbocycles. The van der Waals surface area contributed by atoms with Crippen molar-refractivity contribution in [3.63, 3.8) is 0 Å². The predicted molar refractivity (Wildman–Crippen MR) is 172 cm³/mol. The van der Waals surface area contributed by atoms with Crippen LogP contribution in [0.25, 0.3) is 11.1 Å². The summed E-state index contributed by atoms with van der Waals surface area (Å²) in [4.78, 5) is 42.9. The van der Waals surface area contributed by atoms with Crippen molar-refractivity contribution < 1.29 is 23.2 Å². The van der Waals surface area contributed by atoms with Gasteiger partial charge in [-0.3, -0.25) is 14.4 Å². The van der Waals surface area contributed by atoms with Gasteiger partial charge in [0.2, 0.25) is 17.7 Å². The highest BCUT2D eigenvalue weighted by Crippen LogP contribution is 2.33. The molecule has 3 atom stereocenters. The lowest BCUT2D eigenvalue weighted by Gasteiger charge is -2.39. The van der Waals surface area contributed by atoms with E-state index in [9.17, 15) is 23.2 Å². The Hall–Kier alpha value is -4.85. The molecule has 1 unspecified atom stereocenters. The van der Waals surface area contributed by atoms with Gasteiger partial charge in [-0.15, -0.1) is 0 Å². The molecular formula is C37H39F2N3O3. The van der Waals surface area contributed by atoms with Crippen LogP contribution in [0.3, 0.4) is 0 Å². The molecule has 0 saturated heterocycles. The lowest BCUT2D eigenvalue weighted by molar-refractivity contribution is -0.146. The standard InChI is InChI=1S/C37H39F2N3O3/c1-24(40-33(43)22-26-20-31(38)23-32(39)21-26)36(45)42(25(2)27-12-8-6-9-13-27)34(35(44)41-37(3,4)5)30-18-16-29(17-19-30)28-14-10-7-11-15-28/h6-21,23-25,34H,22H2,1-5H3,(H,40,43)(H,41,44)/t24-,25?,34-/m0/s1. The summed E-state index contributed by atoms with van der Waals surface area (Å²) in [5.74, 6) is -3.05. The maximum absolute atomic E-state index is 14.3. The molecule has 0 radical (unpaired) electrons. The monoisotopic (exact) mass is 611 g/mol.